The minimum absolute atomic E-state index is 0.0500. The fourth-order valence-electron chi connectivity index (χ4n) is 3.88. The maximum absolute atomic E-state index is 13.5. The van der Waals surface area contributed by atoms with E-state index in [4.69, 9.17) is 4.74 Å². The van der Waals surface area contributed by atoms with E-state index in [0.717, 1.165) is 28.4 Å². The van der Waals surface area contributed by atoms with Crippen molar-refractivity contribution < 1.29 is 9.53 Å². The highest BCUT2D eigenvalue weighted by Gasteiger charge is 2.21. The molecule has 1 heterocycles. The molecule has 0 unspecified atom stereocenters. The molecule has 0 aliphatic rings. The van der Waals surface area contributed by atoms with Gasteiger partial charge in [-0.15, -0.1) is 10.2 Å². The summed E-state index contributed by atoms with van der Waals surface area (Å²) >= 11 is 1.36. The number of benzene rings is 4. The topological polar surface area (TPSA) is 60.3 Å². The second kappa shape index (κ2) is 10.9. The number of hydrogen-bond acceptors (Lipinski definition) is 5. The number of anilines is 2. The van der Waals surface area contributed by atoms with Gasteiger partial charge in [0.05, 0.1) is 12.9 Å². The van der Waals surface area contributed by atoms with Gasteiger partial charge in [0.2, 0.25) is 5.91 Å². The van der Waals surface area contributed by atoms with Gasteiger partial charge in [-0.3, -0.25) is 14.3 Å². The van der Waals surface area contributed by atoms with Crippen LogP contribution in [0.4, 0.5) is 11.4 Å². The van der Waals surface area contributed by atoms with Gasteiger partial charge in [0.15, 0.2) is 11.0 Å². The first-order chi connectivity index (χ1) is 17.7. The van der Waals surface area contributed by atoms with Gasteiger partial charge in [-0.05, 0) is 60.7 Å². The summed E-state index contributed by atoms with van der Waals surface area (Å²) in [5, 5.41) is 9.59. The molecule has 0 saturated carbocycles. The van der Waals surface area contributed by atoms with Crippen LogP contribution >= 0.6 is 11.8 Å². The molecular formula is C29H24N4O2S. The first kappa shape index (κ1) is 23.4. The molecule has 178 valence electrons. The van der Waals surface area contributed by atoms with Crippen LogP contribution in [-0.2, 0) is 4.79 Å². The molecule has 0 fully saturated rings. The molecule has 0 aliphatic heterocycles. The summed E-state index contributed by atoms with van der Waals surface area (Å²) in [6.45, 7) is 0. The monoisotopic (exact) mass is 492 g/mol. The lowest BCUT2D eigenvalue weighted by molar-refractivity contribution is -0.115. The lowest BCUT2D eigenvalue weighted by Crippen LogP contribution is -2.27. The van der Waals surface area contributed by atoms with Crippen LogP contribution in [0.25, 0.3) is 17.1 Å². The highest BCUT2D eigenvalue weighted by molar-refractivity contribution is 7.99. The predicted molar refractivity (Wildman–Crippen MR) is 144 cm³/mol. The Kier molecular flexibility index (Phi) is 7.10. The van der Waals surface area contributed by atoms with Crippen molar-refractivity contribution in [2.75, 3.05) is 17.8 Å². The molecule has 0 atom stereocenters. The van der Waals surface area contributed by atoms with E-state index >= 15 is 0 Å². The molecule has 0 spiro atoms. The number of hydrogen-bond donors (Lipinski definition) is 0. The van der Waals surface area contributed by atoms with E-state index in [1.54, 1.807) is 12.0 Å². The van der Waals surface area contributed by atoms with E-state index in [9.17, 15) is 4.79 Å². The molecule has 0 saturated heterocycles. The van der Waals surface area contributed by atoms with E-state index in [1.807, 2.05) is 120 Å². The third kappa shape index (κ3) is 5.01. The van der Waals surface area contributed by atoms with Crippen LogP contribution in [-0.4, -0.2) is 33.5 Å². The number of carbonyl (C=O) groups is 1. The van der Waals surface area contributed by atoms with Gasteiger partial charge in [0.1, 0.15) is 5.75 Å². The van der Waals surface area contributed by atoms with Crippen LogP contribution < -0.4 is 9.64 Å². The average Bonchev–Trinajstić information content (AvgIpc) is 3.38. The van der Waals surface area contributed by atoms with Crippen LogP contribution in [0.2, 0.25) is 0 Å². The number of thioether (sulfide) groups is 1. The SMILES string of the molecule is COc1ccc(-c2nnc(SCC(=O)N(c3ccccc3)c3ccccc3)n2-c2ccccc2)cc1. The molecular weight excluding hydrogens is 468 g/mol. The van der Waals surface area contributed by atoms with E-state index in [1.165, 1.54) is 11.8 Å². The van der Waals surface area contributed by atoms with E-state index in [2.05, 4.69) is 10.2 Å². The lowest BCUT2D eigenvalue weighted by Gasteiger charge is -2.23. The largest absolute Gasteiger partial charge is 0.497 e. The summed E-state index contributed by atoms with van der Waals surface area (Å²) in [5.74, 6) is 1.61. The smallest absolute Gasteiger partial charge is 0.242 e. The summed E-state index contributed by atoms with van der Waals surface area (Å²) < 4.78 is 7.28. The minimum Gasteiger partial charge on any atom is -0.497 e. The van der Waals surface area contributed by atoms with Crippen molar-refractivity contribution in [1.82, 2.24) is 14.8 Å². The molecule has 7 heteroatoms. The Morgan fingerprint density at radius 3 is 1.89 bits per heavy atom. The first-order valence-corrected chi connectivity index (χ1v) is 12.4. The molecule has 0 N–H and O–H groups in total. The zero-order valence-corrected chi connectivity index (χ0v) is 20.5. The third-order valence-electron chi connectivity index (χ3n) is 5.60. The van der Waals surface area contributed by atoms with E-state index < -0.39 is 0 Å². The molecule has 1 amide bonds. The lowest BCUT2D eigenvalue weighted by atomic mass is 10.2. The molecule has 5 aromatic rings. The fourth-order valence-corrected chi connectivity index (χ4v) is 4.68. The second-order valence-corrected chi connectivity index (χ2v) is 8.84. The molecule has 6 nitrogen and oxygen atoms in total. The highest BCUT2D eigenvalue weighted by atomic mass is 32.2. The number of para-hydroxylation sites is 3. The Balaban J connectivity index is 1.46. The van der Waals surface area contributed by atoms with Crippen molar-refractivity contribution in [3.63, 3.8) is 0 Å². The molecule has 4 aromatic carbocycles. The summed E-state index contributed by atoms with van der Waals surface area (Å²) in [6, 6.07) is 36.9. The van der Waals surface area contributed by atoms with Gasteiger partial charge in [0, 0.05) is 22.6 Å². The van der Waals surface area contributed by atoms with Gasteiger partial charge in [-0.2, -0.15) is 0 Å². The number of rotatable bonds is 8. The summed E-state index contributed by atoms with van der Waals surface area (Å²) in [5.41, 5.74) is 3.46. The Morgan fingerprint density at radius 2 is 1.33 bits per heavy atom. The Bertz CT molecular complexity index is 1380. The van der Waals surface area contributed by atoms with Crippen LogP contribution in [0, 0.1) is 0 Å². The number of methoxy groups -OCH3 is 1. The quantitative estimate of drug-likeness (QED) is 0.235. The highest BCUT2D eigenvalue weighted by Crippen LogP contribution is 2.31. The second-order valence-electron chi connectivity index (χ2n) is 7.89. The Morgan fingerprint density at radius 1 is 0.778 bits per heavy atom. The fraction of sp³-hybridized carbons (Fsp3) is 0.0690. The Labute approximate surface area is 214 Å². The standard InChI is InChI=1S/C29H24N4O2S/c1-35-26-19-17-22(18-20-26)28-30-31-29(33(28)25-15-9-4-10-16-25)36-21-27(34)32(23-11-5-2-6-12-23)24-13-7-3-8-14-24/h2-20H,21H2,1H3. The van der Waals surface area contributed by atoms with Crippen LogP contribution in [0.5, 0.6) is 5.75 Å². The minimum atomic E-state index is -0.0500. The van der Waals surface area contributed by atoms with Crippen molar-refractivity contribution >= 4 is 29.0 Å². The van der Waals surface area contributed by atoms with Crippen molar-refractivity contribution in [3.05, 3.63) is 115 Å². The number of nitrogens with zero attached hydrogens (tertiary/aromatic N) is 4. The van der Waals surface area contributed by atoms with E-state index in [0.29, 0.717) is 11.0 Å². The Hall–Kier alpha value is -4.36. The van der Waals surface area contributed by atoms with Gasteiger partial charge in [-0.25, -0.2) is 0 Å². The van der Waals surface area contributed by atoms with Gasteiger partial charge in [0.25, 0.3) is 0 Å². The predicted octanol–water partition coefficient (Wildman–Crippen LogP) is 6.40. The van der Waals surface area contributed by atoms with Crippen molar-refractivity contribution in [2.45, 2.75) is 5.16 Å². The summed E-state index contributed by atoms with van der Waals surface area (Å²) in [4.78, 5) is 15.3. The van der Waals surface area contributed by atoms with Crippen molar-refractivity contribution in [2.24, 2.45) is 0 Å². The zero-order chi connectivity index (χ0) is 24.7. The van der Waals surface area contributed by atoms with Crippen molar-refractivity contribution in [3.8, 4) is 22.8 Å². The normalized spacial score (nSPS) is 10.7. The summed E-state index contributed by atoms with van der Waals surface area (Å²) in [6.07, 6.45) is 0. The van der Waals surface area contributed by atoms with Gasteiger partial charge >= 0.3 is 0 Å². The van der Waals surface area contributed by atoms with Crippen molar-refractivity contribution in [1.29, 1.82) is 0 Å². The van der Waals surface area contributed by atoms with Gasteiger partial charge < -0.3 is 4.74 Å². The average molecular weight is 493 g/mol. The summed E-state index contributed by atoms with van der Waals surface area (Å²) in [7, 11) is 1.64. The van der Waals surface area contributed by atoms with Crippen LogP contribution in [0.1, 0.15) is 0 Å². The molecule has 5 rings (SSSR count). The molecule has 0 aliphatic carbocycles. The first-order valence-electron chi connectivity index (χ1n) is 11.5. The maximum atomic E-state index is 13.5. The van der Waals surface area contributed by atoms with Crippen LogP contribution in [0.3, 0.4) is 0 Å². The number of amides is 1. The molecule has 1 aromatic heterocycles. The number of aromatic nitrogens is 3. The van der Waals surface area contributed by atoms with E-state index in [-0.39, 0.29) is 11.7 Å². The zero-order valence-electron chi connectivity index (χ0n) is 19.7. The number of carbonyl (C=O) groups excluding carboxylic acids is 1. The van der Waals surface area contributed by atoms with Gasteiger partial charge in [-0.1, -0.05) is 66.4 Å². The third-order valence-corrected chi connectivity index (χ3v) is 6.51. The van der Waals surface area contributed by atoms with Crippen LogP contribution in [0.15, 0.2) is 120 Å². The molecule has 36 heavy (non-hydrogen) atoms. The number of ether oxygens (including phenoxy) is 1. The molecule has 0 bridgehead atoms. The molecule has 0 radical (unpaired) electrons. The maximum Gasteiger partial charge on any atom is 0.242 e.